The summed E-state index contributed by atoms with van der Waals surface area (Å²) in [6.07, 6.45) is 0. The maximum atomic E-state index is 13.2. The molecule has 3 aromatic carbocycles. The number of anilines is 1. The fourth-order valence-corrected chi connectivity index (χ4v) is 3.93. The Hall–Kier alpha value is -4.26. The van der Waals surface area contributed by atoms with Crippen molar-refractivity contribution >= 4 is 23.1 Å². The number of carbonyl (C=O) groups is 2. The molecule has 1 heterocycles. The van der Waals surface area contributed by atoms with Gasteiger partial charge in [-0.2, -0.15) is 0 Å². The Balaban J connectivity index is 1.97. The molecule has 1 N–H and O–H groups in total. The van der Waals surface area contributed by atoms with E-state index in [9.17, 15) is 14.7 Å². The van der Waals surface area contributed by atoms with Gasteiger partial charge in [0.15, 0.2) is 0 Å². The van der Waals surface area contributed by atoms with Crippen LogP contribution >= 0.6 is 0 Å². The molecule has 0 spiro atoms. The van der Waals surface area contributed by atoms with Gasteiger partial charge in [-0.3, -0.25) is 14.5 Å². The molecule has 1 saturated heterocycles. The molecular formula is C26H23NO6. The van der Waals surface area contributed by atoms with Crippen molar-refractivity contribution in [1.29, 1.82) is 0 Å². The molecule has 0 saturated carbocycles. The first kappa shape index (κ1) is 22.0. The van der Waals surface area contributed by atoms with Crippen LogP contribution in [-0.4, -0.2) is 38.1 Å². The van der Waals surface area contributed by atoms with Crippen LogP contribution < -0.4 is 19.1 Å². The van der Waals surface area contributed by atoms with Gasteiger partial charge in [-0.15, -0.1) is 0 Å². The summed E-state index contributed by atoms with van der Waals surface area (Å²) in [6, 6.07) is 19.6. The molecule has 0 bridgehead atoms. The first-order valence-corrected chi connectivity index (χ1v) is 10.2. The number of hydrogen-bond acceptors (Lipinski definition) is 6. The highest BCUT2D eigenvalue weighted by Gasteiger charge is 2.48. The third kappa shape index (κ3) is 3.89. The van der Waals surface area contributed by atoms with Crippen molar-refractivity contribution in [3.8, 4) is 17.2 Å². The minimum atomic E-state index is -0.917. The number of carbonyl (C=O) groups excluding carboxylic acids is 2. The van der Waals surface area contributed by atoms with E-state index in [1.165, 1.54) is 19.1 Å². The summed E-state index contributed by atoms with van der Waals surface area (Å²) < 4.78 is 16.1. The van der Waals surface area contributed by atoms with E-state index in [0.29, 0.717) is 34.1 Å². The first-order chi connectivity index (χ1) is 16.0. The Kier molecular flexibility index (Phi) is 6.04. The quantitative estimate of drug-likeness (QED) is 0.345. The van der Waals surface area contributed by atoms with Crippen molar-refractivity contribution < 1.29 is 28.9 Å². The molecule has 1 aliphatic rings. The maximum absolute atomic E-state index is 13.2. The second-order valence-corrected chi connectivity index (χ2v) is 7.34. The zero-order valence-electron chi connectivity index (χ0n) is 18.4. The van der Waals surface area contributed by atoms with Crippen molar-refractivity contribution in [2.24, 2.45) is 0 Å². The highest BCUT2D eigenvalue weighted by atomic mass is 16.5. The molecular weight excluding hydrogens is 422 g/mol. The van der Waals surface area contributed by atoms with E-state index in [1.807, 2.05) is 0 Å². The van der Waals surface area contributed by atoms with Gasteiger partial charge in [-0.1, -0.05) is 30.3 Å². The number of hydrogen-bond donors (Lipinski definition) is 1. The van der Waals surface area contributed by atoms with Gasteiger partial charge < -0.3 is 19.3 Å². The van der Waals surface area contributed by atoms with Gasteiger partial charge in [0.1, 0.15) is 23.0 Å². The topological polar surface area (TPSA) is 85.3 Å². The van der Waals surface area contributed by atoms with Gasteiger partial charge in [0.05, 0.1) is 32.9 Å². The van der Waals surface area contributed by atoms with Gasteiger partial charge >= 0.3 is 0 Å². The average molecular weight is 445 g/mol. The lowest BCUT2D eigenvalue weighted by Gasteiger charge is -2.27. The fourth-order valence-electron chi connectivity index (χ4n) is 3.93. The highest BCUT2D eigenvalue weighted by molar-refractivity contribution is 6.51. The summed E-state index contributed by atoms with van der Waals surface area (Å²) in [7, 11) is 4.58. The van der Waals surface area contributed by atoms with Crippen LogP contribution in [0.4, 0.5) is 5.69 Å². The molecule has 0 aliphatic carbocycles. The Bertz CT molecular complexity index is 1220. The summed E-state index contributed by atoms with van der Waals surface area (Å²) in [5.41, 5.74) is 1.42. The van der Waals surface area contributed by atoms with E-state index in [4.69, 9.17) is 14.2 Å². The maximum Gasteiger partial charge on any atom is 0.300 e. The minimum Gasteiger partial charge on any atom is -0.507 e. The second-order valence-electron chi connectivity index (χ2n) is 7.34. The SMILES string of the molecule is COc1ccc(N2C(=O)C(=O)C(=C(O)c3ccccc3)[C@H]2c2ccc(OC)cc2OC)cc1. The van der Waals surface area contributed by atoms with Gasteiger partial charge in [0, 0.05) is 22.9 Å². The lowest BCUT2D eigenvalue weighted by atomic mass is 9.94. The second kappa shape index (κ2) is 9.08. The van der Waals surface area contributed by atoms with Crippen molar-refractivity contribution in [3.05, 3.63) is 89.5 Å². The predicted molar refractivity (Wildman–Crippen MR) is 124 cm³/mol. The molecule has 1 fully saturated rings. The van der Waals surface area contributed by atoms with Crippen LogP contribution in [0.5, 0.6) is 17.2 Å². The molecule has 7 nitrogen and oxygen atoms in total. The normalized spacial score (nSPS) is 17.2. The Labute approximate surface area is 191 Å². The van der Waals surface area contributed by atoms with Crippen LogP contribution in [0.15, 0.2) is 78.4 Å². The van der Waals surface area contributed by atoms with E-state index in [0.717, 1.165) is 0 Å². The molecule has 0 unspecified atom stereocenters. The van der Waals surface area contributed by atoms with E-state index in [1.54, 1.807) is 79.9 Å². The van der Waals surface area contributed by atoms with Crippen LogP contribution in [0.25, 0.3) is 5.76 Å². The highest BCUT2D eigenvalue weighted by Crippen LogP contribution is 2.45. The number of benzene rings is 3. The van der Waals surface area contributed by atoms with Crippen molar-refractivity contribution in [3.63, 3.8) is 0 Å². The average Bonchev–Trinajstić information content (AvgIpc) is 3.13. The third-order valence-corrected chi connectivity index (χ3v) is 5.58. The van der Waals surface area contributed by atoms with Crippen molar-refractivity contribution in [2.75, 3.05) is 26.2 Å². The number of rotatable bonds is 6. The molecule has 4 rings (SSSR count). The predicted octanol–water partition coefficient (Wildman–Crippen LogP) is 4.34. The zero-order chi connectivity index (χ0) is 23.5. The number of ketones is 1. The van der Waals surface area contributed by atoms with E-state index in [2.05, 4.69) is 0 Å². The number of aliphatic hydroxyl groups excluding tert-OH is 1. The minimum absolute atomic E-state index is 0.0227. The van der Waals surface area contributed by atoms with Gasteiger partial charge in [0.2, 0.25) is 0 Å². The van der Waals surface area contributed by atoms with Crippen LogP contribution in [0.2, 0.25) is 0 Å². The van der Waals surface area contributed by atoms with Crippen molar-refractivity contribution in [1.82, 2.24) is 0 Å². The van der Waals surface area contributed by atoms with E-state index in [-0.39, 0.29) is 11.3 Å². The third-order valence-electron chi connectivity index (χ3n) is 5.58. The van der Waals surface area contributed by atoms with Crippen LogP contribution in [0, 0.1) is 0 Å². The summed E-state index contributed by atoms with van der Waals surface area (Å²) in [4.78, 5) is 27.8. The van der Waals surface area contributed by atoms with Crippen LogP contribution in [-0.2, 0) is 9.59 Å². The van der Waals surface area contributed by atoms with E-state index >= 15 is 0 Å². The molecule has 168 valence electrons. The smallest absolute Gasteiger partial charge is 0.300 e. The Morgan fingerprint density at radius 3 is 2.06 bits per heavy atom. The van der Waals surface area contributed by atoms with Crippen LogP contribution in [0.3, 0.4) is 0 Å². The molecule has 7 heteroatoms. The van der Waals surface area contributed by atoms with Gasteiger partial charge in [0.25, 0.3) is 11.7 Å². The molecule has 0 radical (unpaired) electrons. The number of methoxy groups -OCH3 is 3. The molecule has 1 aliphatic heterocycles. The number of amides is 1. The summed E-state index contributed by atoms with van der Waals surface area (Å²) in [5.74, 6) is -0.208. The molecule has 1 atom stereocenters. The Morgan fingerprint density at radius 1 is 0.818 bits per heavy atom. The largest absolute Gasteiger partial charge is 0.507 e. The summed E-state index contributed by atoms with van der Waals surface area (Å²) in [5, 5.41) is 11.1. The standard InChI is InChI=1S/C26H23NO6/c1-31-18-11-9-17(10-12-18)27-23(20-14-13-19(32-2)15-21(20)33-3)22(25(29)26(27)30)24(28)16-7-5-4-6-8-16/h4-15,23,28H,1-3H3/t23-/m1/s1. The molecule has 33 heavy (non-hydrogen) atoms. The van der Waals surface area contributed by atoms with Gasteiger partial charge in [-0.25, -0.2) is 0 Å². The fraction of sp³-hybridized carbons (Fsp3) is 0.154. The summed E-state index contributed by atoms with van der Waals surface area (Å²) in [6.45, 7) is 0. The monoisotopic (exact) mass is 445 g/mol. The number of nitrogens with zero attached hydrogens (tertiary/aromatic N) is 1. The van der Waals surface area contributed by atoms with Crippen molar-refractivity contribution in [2.45, 2.75) is 6.04 Å². The van der Waals surface area contributed by atoms with Crippen LogP contribution in [0.1, 0.15) is 17.2 Å². The number of aliphatic hydroxyl groups is 1. The number of Topliss-reactive ketones (excluding diaryl/α,β-unsaturated/α-hetero) is 1. The van der Waals surface area contributed by atoms with E-state index < -0.39 is 17.7 Å². The summed E-state index contributed by atoms with van der Waals surface area (Å²) >= 11 is 0. The Morgan fingerprint density at radius 2 is 1.45 bits per heavy atom. The molecule has 0 aromatic heterocycles. The molecule has 1 amide bonds. The lowest BCUT2D eigenvalue weighted by Crippen LogP contribution is -2.29. The number of ether oxygens (including phenoxy) is 3. The van der Waals surface area contributed by atoms with Gasteiger partial charge in [-0.05, 0) is 36.4 Å². The molecule has 3 aromatic rings. The lowest BCUT2D eigenvalue weighted by molar-refractivity contribution is -0.132. The zero-order valence-corrected chi connectivity index (χ0v) is 18.4. The first-order valence-electron chi connectivity index (χ1n) is 10.2.